The van der Waals surface area contributed by atoms with Crippen LogP contribution in [0.4, 0.5) is 0 Å². The quantitative estimate of drug-likeness (QED) is 0.832. The second-order valence-corrected chi connectivity index (χ2v) is 5.91. The van der Waals surface area contributed by atoms with Gasteiger partial charge in [-0.1, -0.05) is 0 Å². The maximum atomic E-state index is 9.56. The number of hydrogen-bond donors (Lipinski definition) is 1. The maximum Gasteiger partial charge on any atom is 0.135 e. The van der Waals surface area contributed by atoms with Crippen LogP contribution in [0.2, 0.25) is 0 Å². The second-order valence-electron chi connectivity index (χ2n) is 4.76. The van der Waals surface area contributed by atoms with Crippen molar-refractivity contribution in [3.8, 4) is 0 Å². The summed E-state index contributed by atoms with van der Waals surface area (Å²) >= 11 is 2.04. The molecule has 16 heavy (non-hydrogen) atoms. The van der Waals surface area contributed by atoms with Gasteiger partial charge in [-0.3, -0.25) is 0 Å². The molecule has 3 heterocycles. The molecule has 1 aromatic heterocycles. The van der Waals surface area contributed by atoms with Crippen LogP contribution in [0.3, 0.4) is 0 Å². The van der Waals surface area contributed by atoms with Gasteiger partial charge in [0.2, 0.25) is 0 Å². The van der Waals surface area contributed by atoms with Crippen molar-refractivity contribution in [2.24, 2.45) is 5.92 Å². The predicted molar refractivity (Wildman–Crippen MR) is 63.5 cm³/mol. The largest absolute Gasteiger partial charge is 0.393 e. The molecule has 0 bridgehead atoms. The van der Waals surface area contributed by atoms with Crippen molar-refractivity contribution < 1.29 is 5.11 Å². The van der Waals surface area contributed by atoms with Gasteiger partial charge in [0.15, 0.2) is 0 Å². The molecule has 0 aliphatic carbocycles. The lowest BCUT2D eigenvalue weighted by molar-refractivity contribution is 0.141. The number of nitrogens with zero attached hydrogens (tertiary/aromatic N) is 3. The van der Waals surface area contributed by atoms with Crippen LogP contribution in [0.25, 0.3) is 0 Å². The van der Waals surface area contributed by atoms with Crippen molar-refractivity contribution in [1.29, 1.82) is 0 Å². The number of aromatic nitrogens is 3. The first-order valence-corrected chi connectivity index (χ1v) is 7.15. The lowest BCUT2D eigenvalue weighted by atomic mass is 10.0. The van der Waals surface area contributed by atoms with Crippen molar-refractivity contribution in [1.82, 2.24) is 14.8 Å². The van der Waals surface area contributed by atoms with Gasteiger partial charge in [-0.15, -0.1) is 10.2 Å². The highest BCUT2D eigenvalue weighted by atomic mass is 32.2. The van der Waals surface area contributed by atoms with E-state index in [2.05, 4.69) is 14.8 Å². The first-order valence-electron chi connectivity index (χ1n) is 5.99. The summed E-state index contributed by atoms with van der Waals surface area (Å²) in [6, 6.07) is 0. The minimum absolute atomic E-state index is 0.216. The summed E-state index contributed by atoms with van der Waals surface area (Å²) in [5.41, 5.74) is 0. The van der Waals surface area contributed by atoms with Crippen molar-refractivity contribution in [3.05, 3.63) is 11.6 Å². The Morgan fingerprint density at radius 2 is 2.31 bits per heavy atom. The van der Waals surface area contributed by atoms with Crippen molar-refractivity contribution >= 4 is 11.8 Å². The molecule has 0 spiro atoms. The first kappa shape index (κ1) is 10.6. The van der Waals surface area contributed by atoms with Crippen LogP contribution in [0, 0.1) is 5.92 Å². The van der Waals surface area contributed by atoms with Gasteiger partial charge in [0, 0.05) is 19.4 Å². The molecule has 0 radical (unpaired) electrons. The van der Waals surface area contributed by atoms with Gasteiger partial charge in [0.25, 0.3) is 0 Å². The van der Waals surface area contributed by atoms with Crippen LogP contribution in [0.5, 0.6) is 0 Å². The smallest absolute Gasteiger partial charge is 0.135 e. The molecular formula is C11H17N3OS. The molecule has 1 fully saturated rings. The molecule has 1 aromatic rings. The Bertz CT molecular complexity index is 373. The molecule has 5 heteroatoms. The van der Waals surface area contributed by atoms with Gasteiger partial charge in [-0.25, -0.2) is 0 Å². The van der Waals surface area contributed by atoms with Crippen molar-refractivity contribution in [2.75, 3.05) is 11.5 Å². The number of rotatable bonds is 2. The fraction of sp³-hybridized carbons (Fsp3) is 0.818. The maximum absolute atomic E-state index is 9.56. The van der Waals surface area contributed by atoms with E-state index in [0.29, 0.717) is 6.42 Å². The second kappa shape index (κ2) is 4.37. The topological polar surface area (TPSA) is 50.9 Å². The summed E-state index contributed by atoms with van der Waals surface area (Å²) in [5, 5.41) is 18.0. The standard InChI is InChI=1S/C11H17N3OS/c15-9-1-3-14-10(12-13-11(14)6-9)5-8-2-4-16-7-8/h8-9,15H,1-7H2. The molecule has 2 unspecified atom stereocenters. The number of aliphatic hydroxyl groups excluding tert-OH is 1. The third kappa shape index (κ3) is 1.98. The highest BCUT2D eigenvalue weighted by Crippen LogP contribution is 2.27. The Morgan fingerprint density at radius 3 is 3.12 bits per heavy atom. The summed E-state index contributed by atoms with van der Waals surface area (Å²) in [6.45, 7) is 0.888. The Morgan fingerprint density at radius 1 is 1.38 bits per heavy atom. The van der Waals surface area contributed by atoms with E-state index >= 15 is 0 Å². The average molecular weight is 239 g/mol. The summed E-state index contributed by atoms with van der Waals surface area (Å²) in [4.78, 5) is 0. The van der Waals surface area contributed by atoms with Gasteiger partial charge < -0.3 is 9.67 Å². The molecular weight excluding hydrogens is 222 g/mol. The van der Waals surface area contributed by atoms with E-state index in [9.17, 15) is 5.11 Å². The lowest BCUT2D eigenvalue weighted by Gasteiger charge is -2.20. The van der Waals surface area contributed by atoms with E-state index in [1.54, 1.807) is 0 Å². The Labute approximate surface area is 99.4 Å². The molecule has 4 nitrogen and oxygen atoms in total. The molecule has 2 aliphatic heterocycles. The molecule has 0 saturated carbocycles. The van der Waals surface area contributed by atoms with Crippen LogP contribution in [0.1, 0.15) is 24.5 Å². The van der Waals surface area contributed by atoms with E-state index in [1.807, 2.05) is 11.8 Å². The molecule has 0 amide bonds. The zero-order chi connectivity index (χ0) is 11.0. The number of fused-ring (bicyclic) bond motifs is 1. The van der Waals surface area contributed by atoms with Crippen molar-refractivity contribution in [3.63, 3.8) is 0 Å². The summed E-state index contributed by atoms with van der Waals surface area (Å²) < 4.78 is 2.22. The van der Waals surface area contributed by atoms with Crippen LogP contribution in [0.15, 0.2) is 0 Å². The molecule has 1 saturated heterocycles. The molecule has 2 atom stereocenters. The lowest BCUT2D eigenvalue weighted by Crippen LogP contribution is -2.24. The zero-order valence-electron chi connectivity index (χ0n) is 9.30. The number of hydrogen-bond acceptors (Lipinski definition) is 4. The first-order chi connectivity index (χ1) is 7.83. The highest BCUT2D eigenvalue weighted by molar-refractivity contribution is 7.99. The van der Waals surface area contributed by atoms with E-state index in [-0.39, 0.29) is 6.10 Å². The molecule has 3 rings (SSSR count). The summed E-state index contributed by atoms with van der Waals surface area (Å²) in [5.74, 6) is 5.45. The van der Waals surface area contributed by atoms with E-state index < -0.39 is 0 Å². The molecule has 88 valence electrons. The van der Waals surface area contributed by atoms with Crippen LogP contribution in [-0.4, -0.2) is 37.5 Å². The van der Waals surface area contributed by atoms with E-state index in [1.165, 1.54) is 17.9 Å². The van der Waals surface area contributed by atoms with Crippen LogP contribution >= 0.6 is 11.8 Å². The van der Waals surface area contributed by atoms with Gasteiger partial charge >= 0.3 is 0 Å². The van der Waals surface area contributed by atoms with Crippen LogP contribution in [-0.2, 0) is 19.4 Å². The molecule has 2 aliphatic rings. The number of thioether (sulfide) groups is 1. The predicted octanol–water partition coefficient (Wildman–Crippen LogP) is 0.881. The Kier molecular flexibility index (Phi) is 2.90. The highest BCUT2D eigenvalue weighted by Gasteiger charge is 2.24. The fourth-order valence-electron chi connectivity index (χ4n) is 2.53. The van der Waals surface area contributed by atoms with E-state index in [4.69, 9.17) is 0 Å². The third-order valence-electron chi connectivity index (χ3n) is 3.50. The fourth-order valence-corrected chi connectivity index (χ4v) is 3.81. The van der Waals surface area contributed by atoms with E-state index in [0.717, 1.165) is 37.0 Å². The van der Waals surface area contributed by atoms with Crippen LogP contribution < -0.4 is 0 Å². The minimum atomic E-state index is -0.216. The normalized spacial score (nSPS) is 29.3. The van der Waals surface area contributed by atoms with Crippen molar-refractivity contribution in [2.45, 2.75) is 38.3 Å². The van der Waals surface area contributed by atoms with Gasteiger partial charge in [-0.05, 0) is 30.3 Å². The minimum Gasteiger partial charge on any atom is -0.393 e. The Balaban J connectivity index is 1.75. The summed E-state index contributed by atoms with van der Waals surface area (Å²) in [7, 11) is 0. The summed E-state index contributed by atoms with van der Waals surface area (Å²) in [6.07, 6.45) is 3.68. The SMILES string of the molecule is OC1CCn2c(nnc2CC2CCSC2)C1. The van der Waals surface area contributed by atoms with Gasteiger partial charge in [0.05, 0.1) is 6.10 Å². The molecule has 1 N–H and O–H groups in total. The average Bonchev–Trinajstić information content (AvgIpc) is 2.89. The monoisotopic (exact) mass is 239 g/mol. The number of aliphatic hydroxyl groups is 1. The third-order valence-corrected chi connectivity index (χ3v) is 4.73. The Hall–Kier alpha value is -0.550. The van der Waals surface area contributed by atoms with Gasteiger partial charge in [-0.2, -0.15) is 11.8 Å². The van der Waals surface area contributed by atoms with Gasteiger partial charge in [0.1, 0.15) is 11.6 Å². The molecule has 0 aromatic carbocycles. The zero-order valence-corrected chi connectivity index (χ0v) is 10.1.